The van der Waals surface area contributed by atoms with Gasteiger partial charge in [0, 0.05) is 67.1 Å². The number of hydrogen-bond acceptors (Lipinski definition) is 7. The van der Waals surface area contributed by atoms with E-state index in [4.69, 9.17) is 14.4 Å². The summed E-state index contributed by atoms with van der Waals surface area (Å²) in [5, 5.41) is 2.31. The van der Waals surface area contributed by atoms with Crippen LogP contribution in [0.15, 0.2) is 96.5 Å². The molecule has 0 N–H and O–H groups in total. The standard InChI is InChI=1S/C33H28N6O/c1-19-18-24-22-12-13-23-21-9-5-7-11-26(21)40-29(23)28(22)38-17-16-36(2)32(38)27(24)33-37(3)30-31(35-15-14-34-30)39(33)25-10-6-4-8-20(19)25/h4-17,24,27,32-33H,1,18H2,2-3H3. The highest BCUT2D eigenvalue weighted by Gasteiger charge is 2.55. The number of allylic oxidation sites excluding steroid dienone is 1. The Bertz CT molecular complexity index is 1910. The average Bonchev–Trinajstić information content (AvgIpc) is 3.64. The Morgan fingerprint density at radius 3 is 2.55 bits per heavy atom. The maximum absolute atomic E-state index is 6.61. The van der Waals surface area contributed by atoms with Gasteiger partial charge in [0.1, 0.15) is 17.9 Å². The first-order chi connectivity index (χ1) is 19.6. The summed E-state index contributed by atoms with van der Waals surface area (Å²) >= 11 is 0. The number of furan rings is 1. The molecule has 6 heterocycles. The van der Waals surface area contributed by atoms with Crippen LogP contribution in [0.25, 0.3) is 27.5 Å². The fourth-order valence-electron chi connectivity index (χ4n) is 7.80. The van der Waals surface area contributed by atoms with Crippen LogP contribution in [0.2, 0.25) is 0 Å². The maximum atomic E-state index is 6.61. The Kier molecular flexibility index (Phi) is 4.23. The molecule has 0 spiro atoms. The van der Waals surface area contributed by atoms with Gasteiger partial charge in [-0.3, -0.25) is 0 Å². The summed E-state index contributed by atoms with van der Waals surface area (Å²) in [6.07, 6.45) is 8.95. The molecule has 0 saturated carbocycles. The van der Waals surface area contributed by atoms with Gasteiger partial charge < -0.3 is 24.0 Å². The van der Waals surface area contributed by atoms with Crippen molar-refractivity contribution < 1.29 is 4.42 Å². The van der Waals surface area contributed by atoms with Gasteiger partial charge in [-0.1, -0.05) is 55.1 Å². The minimum atomic E-state index is 0.00557. The molecule has 4 atom stereocenters. The van der Waals surface area contributed by atoms with E-state index in [1.54, 1.807) is 12.4 Å². The third-order valence-electron chi connectivity index (χ3n) is 9.42. The van der Waals surface area contributed by atoms with Crippen LogP contribution in [0.1, 0.15) is 23.5 Å². The van der Waals surface area contributed by atoms with Crippen LogP contribution in [0.3, 0.4) is 0 Å². The molecule has 0 bridgehead atoms. The highest BCUT2D eigenvalue weighted by atomic mass is 16.3. The van der Waals surface area contributed by atoms with E-state index in [-0.39, 0.29) is 24.2 Å². The Morgan fingerprint density at radius 1 is 0.850 bits per heavy atom. The molecule has 4 unspecified atom stereocenters. The second-order valence-corrected chi connectivity index (χ2v) is 11.4. The van der Waals surface area contributed by atoms with E-state index >= 15 is 0 Å². The van der Waals surface area contributed by atoms with Crippen molar-refractivity contribution in [1.82, 2.24) is 14.9 Å². The molecule has 196 valence electrons. The summed E-state index contributed by atoms with van der Waals surface area (Å²) in [6, 6.07) is 21.6. The second-order valence-electron chi connectivity index (χ2n) is 11.4. The van der Waals surface area contributed by atoms with Crippen molar-refractivity contribution in [1.29, 1.82) is 0 Å². The molecule has 7 nitrogen and oxygen atoms in total. The molecule has 0 fully saturated rings. The Labute approximate surface area is 232 Å². The van der Waals surface area contributed by atoms with Crippen molar-refractivity contribution in [2.75, 3.05) is 28.8 Å². The third kappa shape index (κ3) is 2.64. The van der Waals surface area contributed by atoms with Crippen LogP contribution in [-0.4, -0.2) is 41.3 Å². The molecule has 0 saturated heterocycles. The molecule has 4 aliphatic rings. The zero-order chi connectivity index (χ0) is 26.7. The first kappa shape index (κ1) is 22.1. The van der Waals surface area contributed by atoms with Crippen molar-refractivity contribution in [3.8, 4) is 0 Å². The topological polar surface area (TPSA) is 51.9 Å². The monoisotopic (exact) mass is 524 g/mol. The van der Waals surface area contributed by atoms with Crippen LogP contribution in [0.5, 0.6) is 0 Å². The molecule has 2 aromatic heterocycles. The lowest BCUT2D eigenvalue weighted by molar-refractivity contribution is 0.184. The summed E-state index contributed by atoms with van der Waals surface area (Å²) < 4.78 is 6.61. The molecule has 3 aromatic carbocycles. The Hall–Kier alpha value is -4.78. The smallest absolute Gasteiger partial charge is 0.178 e. The predicted molar refractivity (Wildman–Crippen MR) is 160 cm³/mol. The van der Waals surface area contributed by atoms with Gasteiger partial charge in [0.2, 0.25) is 0 Å². The van der Waals surface area contributed by atoms with Crippen LogP contribution in [0.4, 0.5) is 23.0 Å². The number of rotatable bonds is 0. The van der Waals surface area contributed by atoms with E-state index in [1.165, 1.54) is 16.8 Å². The van der Waals surface area contributed by atoms with Crippen LogP contribution in [-0.2, 0) is 0 Å². The first-order valence-corrected chi connectivity index (χ1v) is 13.8. The third-order valence-corrected chi connectivity index (χ3v) is 9.42. The largest absolute Gasteiger partial charge is 0.454 e. The number of anilines is 4. The number of hydrogen-bond donors (Lipinski definition) is 0. The van der Waals surface area contributed by atoms with E-state index in [1.807, 2.05) is 6.07 Å². The van der Waals surface area contributed by atoms with Crippen molar-refractivity contribution >= 4 is 50.5 Å². The number of aromatic nitrogens is 2. The van der Waals surface area contributed by atoms with Crippen LogP contribution in [0, 0.1) is 5.92 Å². The highest BCUT2D eigenvalue weighted by Crippen LogP contribution is 2.58. The quantitative estimate of drug-likeness (QED) is 0.224. The average molecular weight is 525 g/mol. The van der Waals surface area contributed by atoms with E-state index in [0.29, 0.717) is 0 Å². The number of benzene rings is 3. The Balaban J connectivity index is 1.35. The zero-order valence-electron chi connectivity index (χ0n) is 22.4. The molecule has 9 rings (SSSR count). The Morgan fingerprint density at radius 2 is 1.65 bits per heavy atom. The summed E-state index contributed by atoms with van der Waals surface area (Å²) in [5.41, 5.74) is 7.80. The summed E-state index contributed by atoms with van der Waals surface area (Å²) in [5.74, 6) is 2.18. The van der Waals surface area contributed by atoms with Crippen LogP contribution < -0.4 is 14.7 Å². The van der Waals surface area contributed by atoms with Gasteiger partial charge in [-0.25, -0.2) is 9.97 Å². The summed E-state index contributed by atoms with van der Waals surface area (Å²) in [6.45, 7) is 4.67. The lowest BCUT2D eigenvalue weighted by atomic mass is 9.71. The predicted octanol–water partition coefficient (Wildman–Crippen LogP) is 6.67. The fourth-order valence-corrected chi connectivity index (χ4v) is 7.80. The van der Waals surface area contributed by atoms with Gasteiger partial charge in [0.05, 0.1) is 11.4 Å². The molecule has 4 aliphatic heterocycles. The summed E-state index contributed by atoms with van der Waals surface area (Å²) in [7, 11) is 4.35. The minimum Gasteiger partial charge on any atom is -0.454 e. The van der Waals surface area contributed by atoms with Gasteiger partial charge >= 0.3 is 0 Å². The zero-order valence-corrected chi connectivity index (χ0v) is 22.4. The number of para-hydroxylation sites is 2. The van der Waals surface area contributed by atoms with E-state index in [9.17, 15) is 0 Å². The van der Waals surface area contributed by atoms with Crippen molar-refractivity contribution in [3.05, 3.63) is 103 Å². The maximum Gasteiger partial charge on any atom is 0.178 e. The molecular weight excluding hydrogens is 496 g/mol. The highest BCUT2D eigenvalue weighted by molar-refractivity contribution is 6.10. The summed E-state index contributed by atoms with van der Waals surface area (Å²) in [4.78, 5) is 19.2. The minimum absolute atomic E-state index is 0.00557. The first-order valence-electron chi connectivity index (χ1n) is 13.8. The number of nitrogens with zero attached hydrogens (tertiary/aromatic N) is 6. The molecule has 40 heavy (non-hydrogen) atoms. The fraction of sp³-hybridized carbons (Fsp3) is 0.212. The second kappa shape index (κ2) is 7.66. The van der Waals surface area contributed by atoms with Gasteiger partial charge in [0.25, 0.3) is 0 Å². The van der Waals surface area contributed by atoms with Crippen molar-refractivity contribution in [2.45, 2.75) is 24.7 Å². The van der Waals surface area contributed by atoms with Crippen LogP contribution >= 0.6 is 0 Å². The molecule has 7 heteroatoms. The van der Waals surface area contributed by atoms with Gasteiger partial charge in [-0.2, -0.15) is 0 Å². The van der Waals surface area contributed by atoms with E-state index in [0.717, 1.165) is 51.3 Å². The SMILES string of the molecule is C=C1CC2c3ccc4c(oc5ccccc54)c3N3C=CN(C)C3C2C2N(C)c3nccnc3N2c2ccccc21. The normalized spacial score (nSPS) is 24.4. The van der Waals surface area contributed by atoms with Gasteiger partial charge in [0.15, 0.2) is 17.2 Å². The number of fused-ring (bicyclic) bond motifs is 16. The lowest BCUT2D eigenvalue weighted by Crippen LogP contribution is -2.59. The molecule has 0 radical (unpaired) electrons. The van der Waals surface area contributed by atoms with E-state index < -0.39 is 0 Å². The molecule has 0 aliphatic carbocycles. The molecule has 0 amide bonds. The van der Waals surface area contributed by atoms with Crippen molar-refractivity contribution in [2.24, 2.45) is 5.92 Å². The molecular formula is C33H28N6O. The van der Waals surface area contributed by atoms with Gasteiger partial charge in [-0.05, 0) is 29.7 Å². The molecule has 5 aromatic rings. The lowest BCUT2D eigenvalue weighted by Gasteiger charge is -2.52. The van der Waals surface area contributed by atoms with E-state index in [2.05, 4.69) is 107 Å². The van der Waals surface area contributed by atoms with Crippen molar-refractivity contribution in [3.63, 3.8) is 0 Å². The van der Waals surface area contributed by atoms with Gasteiger partial charge in [-0.15, -0.1) is 0 Å².